The standard InChI is InChI=1S/C18H23F2NO4/c1-11(2)5-7-18(17(24)25)10-21(8-6-15(18)22)16(23)13-4-3-12(19)9-14(13)20/h3-4,9,11,15,22H,5-8,10H2,1-2H3,(H,24,25)/t15-,18+/m0/s1. The predicted molar refractivity (Wildman–Crippen MR) is 87.0 cm³/mol. The van der Waals surface area contributed by atoms with E-state index in [2.05, 4.69) is 0 Å². The number of carbonyl (C=O) groups is 2. The van der Waals surface area contributed by atoms with Gasteiger partial charge in [0.05, 0.1) is 11.7 Å². The smallest absolute Gasteiger partial charge is 0.314 e. The minimum Gasteiger partial charge on any atom is -0.481 e. The highest BCUT2D eigenvalue weighted by Crippen LogP contribution is 2.37. The van der Waals surface area contributed by atoms with E-state index in [0.29, 0.717) is 12.5 Å². The summed E-state index contributed by atoms with van der Waals surface area (Å²) < 4.78 is 26.9. The van der Waals surface area contributed by atoms with Crippen LogP contribution >= 0.6 is 0 Å². The molecule has 0 unspecified atom stereocenters. The molecule has 1 aromatic carbocycles. The van der Waals surface area contributed by atoms with Gasteiger partial charge in [-0.15, -0.1) is 0 Å². The highest BCUT2D eigenvalue weighted by Gasteiger charge is 2.50. The molecule has 1 aromatic rings. The predicted octanol–water partition coefficient (Wildman–Crippen LogP) is 2.68. The maximum atomic E-state index is 13.9. The normalized spacial score (nSPS) is 23.8. The minimum atomic E-state index is -1.48. The molecule has 0 aliphatic carbocycles. The molecular weight excluding hydrogens is 332 g/mol. The quantitative estimate of drug-likeness (QED) is 0.851. The molecule has 1 aliphatic heterocycles. The Bertz CT molecular complexity index is 664. The Balaban J connectivity index is 2.28. The second-order valence-electron chi connectivity index (χ2n) is 7.05. The fraction of sp³-hybridized carbons (Fsp3) is 0.556. The van der Waals surface area contributed by atoms with Crippen LogP contribution in [0.25, 0.3) is 0 Å². The summed E-state index contributed by atoms with van der Waals surface area (Å²) in [5.74, 6) is -3.40. The number of carboxylic acids is 1. The molecule has 25 heavy (non-hydrogen) atoms. The molecule has 0 aromatic heterocycles. The van der Waals surface area contributed by atoms with Crippen LogP contribution < -0.4 is 0 Å². The number of halogens is 2. The first-order valence-electron chi connectivity index (χ1n) is 8.33. The zero-order valence-electron chi connectivity index (χ0n) is 14.3. The number of aliphatic hydroxyl groups is 1. The van der Waals surface area contributed by atoms with Crippen LogP contribution in [0, 0.1) is 23.0 Å². The SMILES string of the molecule is CC(C)CC[C@@]1(C(=O)O)CN(C(=O)c2ccc(F)cc2F)CC[C@@H]1O. The van der Waals surface area contributed by atoms with Gasteiger partial charge in [0, 0.05) is 19.2 Å². The van der Waals surface area contributed by atoms with Crippen LogP contribution in [0.5, 0.6) is 0 Å². The molecule has 0 radical (unpaired) electrons. The largest absolute Gasteiger partial charge is 0.481 e. The number of amides is 1. The van der Waals surface area contributed by atoms with Crippen molar-refractivity contribution >= 4 is 11.9 Å². The molecule has 2 rings (SSSR count). The van der Waals surface area contributed by atoms with Gasteiger partial charge in [-0.2, -0.15) is 0 Å². The van der Waals surface area contributed by atoms with Crippen LogP contribution in [0.2, 0.25) is 0 Å². The van der Waals surface area contributed by atoms with E-state index < -0.39 is 35.0 Å². The third-order valence-electron chi connectivity index (χ3n) is 4.83. The van der Waals surface area contributed by atoms with Gasteiger partial charge in [0.1, 0.15) is 17.0 Å². The van der Waals surface area contributed by atoms with Crippen molar-refractivity contribution in [2.45, 2.75) is 39.2 Å². The fourth-order valence-electron chi connectivity index (χ4n) is 3.20. The number of benzene rings is 1. The van der Waals surface area contributed by atoms with Crippen molar-refractivity contribution in [3.8, 4) is 0 Å². The zero-order valence-corrected chi connectivity index (χ0v) is 14.3. The number of rotatable bonds is 5. The number of carbonyl (C=O) groups excluding carboxylic acids is 1. The van der Waals surface area contributed by atoms with Gasteiger partial charge in [-0.1, -0.05) is 13.8 Å². The number of hydrogen-bond donors (Lipinski definition) is 2. The van der Waals surface area contributed by atoms with Gasteiger partial charge in [-0.25, -0.2) is 8.78 Å². The van der Waals surface area contributed by atoms with Crippen molar-refractivity contribution in [2.24, 2.45) is 11.3 Å². The Morgan fingerprint density at radius 3 is 2.60 bits per heavy atom. The van der Waals surface area contributed by atoms with Crippen LogP contribution in [-0.2, 0) is 4.79 Å². The first kappa shape index (κ1) is 19.3. The summed E-state index contributed by atoms with van der Waals surface area (Å²) in [4.78, 5) is 25.7. The van der Waals surface area contributed by atoms with Gasteiger partial charge >= 0.3 is 5.97 Å². The van der Waals surface area contributed by atoms with Crippen molar-refractivity contribution in [1.82, 2.24) is 4.90 Å². The highest BCUT2D eigenvalue weighted by molar-refractivity contribution is 5.95. The molecule has 0 spiro atoms. The number of aliphatic carboxylic acids is 1. The number of nitrogens with zero attached hydrogens (tertiary/aromatic N) is 1. The van der Waals surface area contributed by atoms with Crippen LogP contribution in [0.3, 0.4) is 0 Å². The second kappa shape index (κ2) is 7.47. The fourth-order valence-corrected chi connectivity index (χ4v) is 3.20. The average molecular weight is 355 g/mol. The van der Waals surface area contributed by atoms with E-state index in [-0.39, 0.29) is 37.4 Å². The summed E-state index contributed by atoms with van der Waals surface area (Å²) >= 11 is 0. The number of aliphatic hydroxyl groups excluding tert-OH is 1. The minimum absolute atomic E-state index is 0.0962. The molecular formula is C18H23F2NO4. The maximum absolute atomic E-state index is 13.9. The molecule has 2 atom stereocenters. The summed E-state index contributed by atoms with van der Waals surface area (Å²) in [6.45, 7) is 3.81. The third-order valence-corrected chi connectivity index (χ3v) is 4.83. The first-order chi connectivity index (χ1) is 11.7. The lowest BCUT2D eigenvalue weighted by molar-refractivity contribution is -0.163. The van der Waals surface area contributed by atoms with E-state index in [4.69, 9.17) is 0 Å². The molecule has 138 valence electrons. The Labute approximate surface area is 145 Å². The van der Waals surface area contributed by atoms with Gasteiger partial charge in [0.25, 0.3) is 5.91 Å². The second-order valence-corrected chi connectivity index (χ2v) is 7.05. The van der Waals surface area contributed by atoms with Gasteiger partial charge in [0.2, 0.25) is 0 Å². The average Bonchev–Trinajstić information content (AvgIpc) is 2.53. The van der Waals surface area contributed by atoms with Crippen LogP contribution in [-0.4, -0.2) is 46.2 Å². The van der Waals surface area contributed by atoms with Gasteiger partial charge in [-0.05, 0) is 37.3 Å². The molecule has 0 bridgehead atoms. The van der Waals surface area contributed by atoms with E-state index in [1.807, 2.05) is 13.8 Å². The Hall–Kier alpha value is -2.02. The third kappa shape index (κ3) is 3.98. The van der Waals surface area contributed by atoms with Crippen LogP contribution in [0.4, 0.5) is 8.78 Å². The molecule has 5 nitrogen and oxygen atoms in total. The maximum Gasteiger partial charge on any atom is 0.314 e. The number of piperidine rings is 1. The van der Waals surface area contributed by atoms with Gasteiger partial charge < -0.3 is 15.1 Å². The van der Waals surface area contributed by atoms with Gasteiger partial charge in [-0.3, -0.25) is 9.59 Å². The Morgan fingerprint density at radius 1 is 1.36 bits per heavy atom. The van der Waals surface area contributed by atoms with Crippen molar-refractivity contribution in [1.29, 1.82) is 0 Å². The van der Waals surface area contributed by atoms with E-state index in [9.17, 15) is 28.6 Å². The van der Waals surface area contributed by atoms with Crippen molar-refractivity contribution in [2.75, 3.05) is 13.1 Å². The Morgan fingerprint density at radius 2 is 2.04 bits per heavy atom. The zero-order chi connectivity index (χ0) is 18.8. The van der Waals surface area contributed by atoms with E-state index >= 15 is 0 Å². The molecule has 1 heterocycles. The van der Waals surface area contributed by atoms with Gasteiger partial charge in [0.15, 0.2) is 0 Å². The monoisotopic (exact) mass is 355 g/mol. The van der Waals surface area contributed by atoms with E-state index in [0.717, 1.165) is 12.1 Å². The van der Waals surface area contributed by atoms with Crippen molar-refractivity contribution in [3.63, 3.8) is 0 Å². The lowest BCUT2D eigenvalue weighted by atomic mass is 9.72. The first-order valence-corrected chi connectivity index (χ1v) is 8.33. The molecule has 1 saturated heterocycles. The van der Waals surface area contributed by atoms with Crippen LogP contribution in [0.1, 0.15) is 43.5 Å². The molecule has 0 saturated carbocycles. The van der Waals surface area contributed by atoms with Crippen molar-refractivity contribution < 1.29 is 28.6 Å². The topological polar surface area (TPSA) is 77.8 Å². The summed E-state index contributed by atoms with van der Waals surface area (Å²) in [6, 6.07) is 2.65. The lowest BCUT2D eigenvalue weighted by Gasteiger charge is -2.43. The summed E-state index contributed by atoms with van der Waals surface area (Å²) in [6.07, 6.45) is -0.183. The number of likely N-dealkylation sites (tertiary alicyclic amines) is 1. The number of carboxylic acid groups (broad SMARTS) is 1. The molecule has 7 heteroatoms. The highest BCUT2D eigenvalue weighted by atomic mass is 19.1. The molecule has 1 fully saturated rings. The molecule has 1 amide bonds. The Kier molecular flexibility index (Phi) is 5.77. The molecule has 2 N–H and O–H groups in total. The lowest BCUT2D eigenvalue weighted by Crippen LogP contribution is -2.57. The van der Waals surface area contributed by atoms with E-state index in [1.54, 1.807) is 0 Å². The summed E-state index contributed by atoms with van der Waals surface area (Å²) in [5.41, 5.74) is -1.78. The van der Waals surface area contributed by atoms with Crippen LogP contribution in [0.15, 0.2) is 18.2 Å². The number of hydrogen-bond acceptors (Lipinski definition) is 3. The summed E-state index contributed by atoms with van der Waals surface area (Å²) in [7, 11) is 0. The van der Waals surface area contributed by atoms with Crippen molar-refractivity contribution in [3.05, 3.63) is 35.4 Å². The molecule has 1 aliphatic rings. The summed E-state index contributed by atoms with van der Waals surface area (Å²) in [5, 5.41) is 20.0. The van der Waals surface area contributed by atoms with E-state index in [1.165, 1.54) is 4.90 Å².